The quantitative estimate of drug-likeness (QED) is 0.806. The van der Waals surface area contributed by atoms with Gasteiger partial charge in [-0.3, -0.25) is 0 Å². The van der Waals surface area contributed by atoms with Crippen LogP contribution in [0.2, 0.25) is 0 Å². The van der Waals surface area contributed by atoms with E-state index in [2.05, 4.69) is 57.3 Å². The van der Waals surface area contributed by atoms with E-state index in [-0.39, 0.29) is 5.60 Å². The molecule has 17 heavy (non-hydrogen) atoms. The van der Waals surface area contributed by atoms with Crippen LogP contribution < -0.4 is 10.1 Å². The minimum atomic E-state index is -0.0886. The third kappa shape index (κ3) is 4.04. The lowest BCUT2D eigenvalue weighted by Gasteiger charge is -2.25. The molecule has 0 amide bonds. The van der Waals surface area contributed by atoms with Crippen molar-refractivity contribution in [1.82, 2.24) is 5.32 Å². The van der Waals surface area contributed by atoms with Crippen molar-refractivity contribution < 1.29 is 4.74 Å². The first-order chi connectivity index (χ1) is 8.02. The van der Waals surface area contributed by atoms with Crippen molar-refractivity contribution in [1.29, 1.82) is 0 Å². The fourth-order valence-electron chi connectivity index (χ4n) is 1.77. The van der Waals surface area contributed by atoms with Crippen molar-refractivity contribution in [2.75, 3.05) is 7.05 Å². The standard InChI is InChI=1S/C15H25NO/c1-6-14(16-5)12-8-10-13(11-9-12)17-15(3,4)7-2/h8-11,14,16H,6-7H2,1-5H3. The molecule has 1 N–H and O–H groups in total. The summed E-state index contributed by atoms with van der Waals surface area (Å²) >= 11 is 0. The highest BCUT2D eigenvalue weighted by Crippen LogP contribution is 2.24. The molecule has 1 aromatic carbocycles. The number of rotatable bonds is 6. The van der Waals surface area contributed by atoms with Crippen LogP contribution in [-0.2, 0) is 0 Å². The first-order valence-electron chi connectivity index (χ1n) is 6.48. The lowest BCUT2D eigenvalue weighted by Crippen LogP contribution is -2.26. The predicted octanol–water partition coefficient (Wildman–Crippen LogP) is 3.92. The highest BCUT2D eigenvalue weighted by molar-refractivity contribution is 5.29. The van der Waals surface area contributed by atoms with E-state index in [4.69, 9.17) is 4.74 Å². The molecule has 0 saturated carbocycles. The smallest absolute Gasteiger partial charge is 0.120 e. The van der Waals surface area contributed by atoms with Gasteiger partial charge in [0, 0.05) is 6.04 Å². The van der Waals surface area contributed by atoms with Crippen LogP contribution in [0, 0.1) is 0 Å². The van der Waals surface area contributed by atoms with Gasteiger partial charge in [-0.15, -0.1) is 0 Å². The molecule has 0 saturated heterocycles. The Hall–Kier alpha value is -1.02. The Balaban J connectivity index is 2.74. The third-order valence-electron chi connectivity index (χ3n) is 3.28. The second kappa shape index (κ2) is 6.06. The molecule has 0 radical (unpaired) electrons. The first kappa shape index (κ1) is 14.0. The molecule has 0 spiro atoms. The summed E-state index contributed by atoms with van der Waals surface area (Å²) in [6.45, 7) is 8.56. The molecule has 96 valence electrons. The maximum absolute atomic E-state index is 5.93. The van der Waals surface area contributed by atoms with Gasteiger partial charge in [0.15, 0.2) is 0 Å². The molecular weight excluding hydrogens is 210 g/mol. The van der Waals surface area contributed by atoms with Crippen molar-refractivity contribution >= 4 is 0 Å². The SMILES string of the molecule is CCC(NC)c1ccc(OC(C)(C)CC)cc1. The maximum atomic E-state index is 5.93. The Bertz CT molecular complexity index is 325. The molecule has 0 aliphatic heterocycles. The average molecular weight is 235 g/mol. The van der Waals surface area contributed by atoms with Gasteiger partial charge in [0.1, 0.15) is 11.4 Å². The molecule has 2 heteroatoms. The second-order valence-corrected chi connectivity index (χ2v) is 5.03. The highest BCUT2D eigenvalue weighted by atomic mass is 16.5. The molecular formula is C15H25NO. The van der Waals surface area contributed by atoms with E-state index in [9.17, 15) is 0 Å². The molecule has 0 heterocycles. The van der Waals surface area contributed by atoms with E-state index < -0.39 is 0 Å². The number of ether oxygens (including phenoxy) is 1. The van der Waals surface area contributed by atoms with E-state index >= 15 is 0 Å². The van der Waals surface area contributed by atoms with Crippen LogP contribution in [-0.4, -0.2) is 12.6 Å². The summed E-state index contributed by atoms with van der Waals surface area (Å²) < 4.78 is 5.93. The van der Waals surface area contributed by atoms with Crippen molar-refractivity contribution in [2.24, 2.45) is 0 Å². The minimum absolute atomic E-state index is 0.0886. The summed E-state index contributed by atoms with van der Waals surface area (Å²) in [5, 5.41) is 3.31. The zero-order valence-corrected chi connectivity index (χ0v) is 11.7. The van der Waals surface area contributed by atoms with Gasteiger partial charge in [0.2, 0.25) is 0 Å². The molecule has 1 atom stereocenters. The van der Waals surface area contributed by atoms with Crippen LogP contribution in [0.15, 0.2) is 24.3 Å². The molecule has 0 bridgehead atoms. The van der Waals surface area contributed by atoms with Gasteiger partial charge < -0.3 is 10.1 Å². The van der Waals surface area contributed by atoms with E-state index in [0.717, 1.165) is 18.6 Å². The van der Waals surface area contributed by atoms with E-state index in [1.165, 1.54) is 5.56 Å². The Labute approximate surface area is 105 Å². The van der Waals surface area contributed by atoms with Crippen molar-refractivity contribution in [3.63, 3.8) is 0 Å². The van der Waals surface area contributed by atoms with Gasteiger partial charge in [-0.05, 0) is 51.4 Å². The fraction of sp³-hybridized carbons (Fsp3) is 0.600. The van der Waals surface area contributed by atoms with Gasteiger partial charge >= 0.3 is 0 Å². The summed E-state index contributed by atoms with van der Waals surface area (Å²) in [5.74, 6) is 0.951. The Morgan fingerprint density at radius 1 is 1.18 bits per heavy atom. The van der Waals surface area contributed by atoms with E-state index in [0.29, 0.717) is 6.04 Å². The number of hydrogen-bond donors (Lipinski definition) is 1. The molecule has 0 aromatic heterocycles. The van der Waals surface area contributed by atoms with Crippen molar-refractivity contribution in [2.45, 2.75) is 52.2 Å². The molecule has 1 unspecified atom stereocenters. The van der Waals surface area contributed by atoms with Crippen molar-refractivity contribution in [3.05, 3.63) is 29.8 Å². The maximum Gasteiger partial charge on any atom is 0.120 e. The second-order valence-electron chi connectivity index (χ2n) is 5.03. The summed E-state index contributed by atoms with van der Waals surface area (Å²) in [7, 11) is 2.00. The lowest BCUT2D eigenvalue weighted by atomic mass is 10.0. The number of benzene rings is 1. The van der Waals surface area contributed by atoms with Crippen molar-refractivity contribution in [3.8, 4) is 5.75 Å². The van der Waals surface area contributed by atoms with Crippen LogP contribution >= 0.6 is 0 Å². The molecule has 0 aliphatic carbocycles. The Morgan fingerprint density at radius 2 is 1.76 bits per heavy atom. The lowest BCUT2D eigenvalue weighted by molar-refractivity contribution is 0.105. The number of hydrogen-bond acceptors (Lipinski definition) is 2. The Morgan fingerprint density at radius 3 is 2.18 bits per heavy atom. The molecule has 2 nitrogen and oxygen atoms in total. The van der Waals surface area contributed by atoms with E-state index in [1.807, 2.05) is 7.05 Å². The average Bonchev–Trinajstić information content (AvgIpc) is 2.32. The van der Waals surface area contributed by atoms with Crippen LogP contribution in [0.5, 0.6) is 5.75 Å². The zero-order valence-electron chi connectivity index (χ0n) is 11.7. The summed E-state index contributed by atoms with van der Waals surface area (Å²) in [6, 6.07) is 8.85. The number of nitrogens with one attached hydrogen (secondary N) is 1. The third-order valence-corrected chi connectivity index (χ3v) is 3.28. The van der Waals surface area contributed by atoms with Gasteiger partial charge in [-0.2, -0.15) is 0 Å². The van der Waals surface area contributed by atoms with E-state index in [1.54, 1.807) is 0 Å². The largest absolute Gasteiger partial charge is 0.488 e. The van der Waals surface area contributed by atoms with Crippen LogP contribution in [0.1, 0.15) is 52.1 Å². The Kier molecular flexibility index (Phi) is 5.01. The molecule has 0 aliphatic rings. The van der Waals surface area contributed by atoms with Gasteiger partial charge in [-0.1, -0.05) is 26.0 Å². The van der Waals surface area contributed by atoms with Gasteiger partial charge in [0.05, 0.1) is 0 Å². The zero-order chi connectivity index (χ0) is 12.9. The summed E-state index contributed by atoms with van der Waals surface area (Å²) in [5.41, 5.74) is 1.23. The fourth-order valence-corrected chi connectivity index (χ4v) is 1.77. The molecule has 1 rings (SSSR count). The topological polar surface area (TPSA) is 21.3 Å². The van der Waals surface area contributed by atoms with Crippen LogP contribution in [0.4, 0.5) is 0 Å². The normalized spacial score (nSPS) is 13.5. The predicted molar refractivity (Wildman–Crippen MR) is 73.5 cm³/mol. The van der Waals surface area contributed by atoms with Crippen LogP contribution in [0.3, 0.4) is 0 Å². The highest BCUT2D eigenvalue weighted by Gasteiger charge is 2.16. The summed E-state index contributed by atoms with van der Waals surface area (Å²) in [4.78, 5) is 0. The molecule has 1 aromatic rings. The van der Waals surface area contributed by atoms with Crippen LogP contribution in [0.25, 0.3) is 0 Å². The minimum Gasteiger partial charge on any atom is -0.488 e. The monoisotopic (exact) mass is 235 g/mol. The molecule has 0 fully saturated rings. The summed E-state index contributed by atoms with van der Waals surface area (Å²) in [6.07, 6.45) is 2.10. The first-order valence-corrected chi connectivity index (χ1v) is 6.48. The van der Waals surface area contributed by atoms with Gasteiger partial charge in [-0.25, -0.2) is 0 Å². The van der Waals surface area contributed by atoms with Gasteiger partial charge in [0.25, 0.3) is 0 Å².